The van der Waals surface area contributed by atoms with Crippen LogP contribution >= 0.6 is 23.2 Å². The molecular weight excluding hydrogens is 339 g/mol. The van der Waals surface area contributed by atoms with E-state index in [9.17, 15) is 18.5 Å². The highest BCUT2D eigenvalue weighted by Crippen LogP contribution is 2.33. The number of sulfonamides is 1. The minimum atomic E-state index is -3.98. The molecule has 9 heteroatoms. The molecule has 0 aliphatic heterocycles. The number of rotatable bonds is 4. The van der Waals surface area contributed by atoms with E-state index < -0.39 is 14.9 Å². The molecule has 0 unspecified atom stereocenters. The van der Waals surface area contributed by atoms with Crippen LogP contribution in [0, 0.1) is 10.1 Å². The first-order valence-corrected chi connectivity index (χ1v) is 7.67. The summed E-state index contributed by atoms with van der Waals surface area (Å²) < 4.78 is 27.7. The van der Waals surface area contributed by atoms with Gasteiger partial charge in [0.15, 0.2) is 0 Å². The monoisotopic (exact) mass is 345 g/mol. The summed E-state index contributed by atoms with van der Waals surface area (Å²) >= 11 is 11.5. The van der Waals surface area contributed by atoms with Crippen molar-refractivity contribution in [1.82, 2.24) is 0 Å². The number of nitrogens with zero attached hydrogens (tertiary/aromatic N) is 2. The fourth-order valence-corrected chi connectivity index (χ4v) is 2.74. The predicted octanol–water partition coefficient (Wildman–Crippen LogP) is 4.30. The number of non-ortho nitro benzene ring substituents is 1. The summed E-state index contributed by atoms with van der Waals surface area (Å²) in [5.74, 6) is 0. The van der Waals surface area contributed by atoms with Gasteiger partial charge in [-0.15, -0.1) is 5.69 Å². The third kappa shape index (κ3) is 3.63. The van der Waals surface area contributed by atoms with E-state index in [0.717, 1.165) is 24.3 Å². The molecule has 0 aliphatic rings. The number of halogens is 2. The van der Waals surface area contributed by atoms with Crippen LogP contribution < -0.4 is 0 Å². The van der Waals surface area contributed by atoms with Crippen molar-refractivity contribution in [2.45, 2.75) is 4.90 Å². The molecule has 0 atom stereocenters. The quantitative estimate of drug-likeness (QED) is 0.610. The SMILES string of the molecule is O=[N+]([O-])c1ccc(S(=O)(=O)[N-]c2ccc(Cl)c(Cl)c2)cc1. The fourth-order valence-electron chi connectivity index (χ4n) is 1.47. The number of nitro groups is 1. The van der Waals surface area contributed by atoms with Gasteiger partial charge in [0.05, 0.1) is 19.9 Å². The van der Waals surface area contributed by atoms with Crippen LogP contribution in [-0.2, 0) is 10.0 Å². The highest BCUT2D eigenvalue weighted by atomic mass is 35.5. The van der Waals surface area contributed by atoms with Crippen LogP contribution in [0.4, 0.5) is 11.4 Å². The molecule has 2 aromatic rings. The Morgan fingerprint density at radius 2 is 1.62 bits per heavy atom. The summed E-state index contributed by atoms with van der Waals surface area (Å²) in [7, 11) is -3.98. The number of nitro benzene ring substituents is 1. The summed E-state index contributed by atoms with van der Waals surface area (Å²) in [4.78, 5) is 9.76. The smallest absolute Gasteiger partial charge is 0.269 e. The summed E-state index contributed by atoms with van der Waals surface area (Å²) in [5.41, 5.74) is -0.0914. The van der Waals surface area contributed by atoms with Gasteiger partial charge in [-0.05, 0) is 18.2 Å². The molecule has 0 saturated carbocycles. The van der Waals surface area contributed by atoms with Crippen molar-refractivity contribution in [3.05, 3.63) is 67.3 Å². The van der Waals surface area contributed by atoms with Crippen LogP contribution in [0.5, 0.6) is 0 Å². The van der Waals surface area contributed by atoms with Gasteiger partial charge in [-0.1, -0.05) is 35.3 Å². The summed E-state index contributed by atoms with van der Waals surface area (Å²) in [5, 5.41) is 11.0. The van der Waals surface area contributed by atoms with Crippen molar-refractivity contribution in [2.24, 2.45) is 0 Å². The van der Waals surface area contributed by atoms with Crippen LogP contribution in [0.25, 0.3) is 4.72 Å². The number of hydrogen-bond donors (Lipinski definition) is 0. The molecule has 2 rings (SSSR count). The van der Waals surface area contributed by atoms with E-state index in [0.29, 0.717) is 0 Å². The first-order valence-electron chi connectivity index (χ1n) is 5.47. The van der Waals surface area contributed by atoms with E-state index in [2.05, 4.69) is 4.72 Å². The van der Waals surface area contributed by atoms with Crippen LogP contribution in [0.2, 0.25) is 10.0 Å². The molecule has 0 N–H and O–H groups in total. The lowest BCUT2D eigenvalue weighted by molar-refractivity contribution is -0.384. The molecule has 0 fully saturated rings. The van der Waals surface area contributed by atoms with Crippen molar-refractivity contribution < 1.29 is 13.3 Å². The zero-order chi connectivity index (χ0) is 15.6. The fraction of sp³-hybridized carbons (Fsp3) is 0. The maximum atomic E-state index is 12.1. The van der Waals surface area contributed by atoms with E-state index in [4.69, 9.17) is 23.2 Å². The van der Waals surface area contributed by atoms with Crippen LogP contribution in [0.1, 0.15) is 0 Å². The molecule has 0 bridgehead atoms. The zero-order valence-corrected chi connectivity index (χ0v) is 12.6. The molecule has 0 aliphatic carbocycles. The van der Waals surface area contributed by atoms with Crippen molar-refractivity contribution in [3.8, 4) is 0 Å². The summed E-state index contributed by atoms with van der Waals surface area (Å²) in [6, 6.07) is 8.57. The van der Waals surface area contributed by atoms with Gasteiger partial charge >= 0.3 is 0 Å². The van der Waals surface area contributed by atoms with Gasteiger partial charge < -0.3 is 4.72 Å². The van der Waals surface area contributed by atoms with Crippen molar-refractivity contribution >= 4 is 44.6 Å². The van der Waals surface area contributed by atoms with Gasteiger partial charge in [-0.25, -0.2) is 8.42 Å². The molecule has 21 heavy (non-hydrogen) atoms. The lowest BCUT2D eigenvalue weighted by atomic mass is 10.3. The minimum absolute atomic E-state index is 0.114. The standard InChI is InChI=1S/C12H7Cl2N2O4S/c13-11-6-1-8(7-12(11)14)15-21(19,20)10-4-2-9(3-5-10)16(17)18/h1-7H/q-1. The van der Waals surface area contributed by atoms with Crippen molar-refractivity contribution in [2.75, 3.05) is 0 Å². The molecule has 6 nitrogen and oxygen atoms in total. The Kier molecular flexibility index (Phi) is 4.36. The Bertz CT molecular complexity index is 791. The van der Waals surface area contributed by atoms with Crippen molar-refractivity contribution in [3.63, 3.8) is 0 Å². The Labute approximate surface area is 130 Å². The Morgan fingerprint density at radius 3 is 2.14 bits per heavy atom. The van der Waals surface area contributed by atoms with Crippen molar-refractivity contribution in [1.29, 1.82) is 0 Å². The Hall–Kier alpha value is -1.83. The van der Waals surface area contributed by atoms with Gasteiger partial charge in [0, 0.05) is 12.1 Å². The third-order valence-electron chi connectivity index (χ3n) is 2.47. The van der Waals surface area contributed by atoms with Gasteiger partial charge in [0.2, 0.25) is 0 Å². The minimum Gasteiger partial charge on any atom is -0.573 e. The van der Waals surface area contributed by atoms with Crippen LogP contribution in [-0.4, -0.2) is 13.3 Å². The lowest BCUT2D eigenvalue weighted by Gasteiger charge is -2.22. The van der Waals surface area contributed by atoms with Gasteiger partial charge in [0.1, 0.15) is 10.0 Å². The summed E-state index contributed by atoms with van der Waals surface area (Å²) in [6.07, 6.45) is 0. The van der Waals surface area contributed by atoms with Crippen LogP contribution in [0.3, 0.4) is 0 Å². The van der Waals surface area contributed by atoms with E-state index >= 15 is 0 Å². The molecular formula is C12H7Cl2N2O4S-. The first kappa shape index (κ1) is 15.6. The van der Waals surface area contributed by atoms with Gasteiger partial charge in [0.25, 0.3) is 5.69 Å². The van der Waals surface area contributed by atoms with E-state index in [1.807, 2.05) is 0 Å². The molecule has 0 aromatic heterocycles. The molecule has 0 amide bonds. The molecule has 2 aromatic carbocycles. The average Bonchev–Trinajstić information content (AvgIpc) is 2.43. The molecule has 0 radical (unpaired) electrons. The average molecular weight is 346 g/mol. The van der Waals surface area contributed by atoms with E-state index in [1.54, 1.807) is 0 Å². The van der Waals surface area contributed by atoms with E-state index in [-0.39, 0.29) is 26.3 Å². The molecule has 0 spiro atoms. The lowest BCUT2D eigenvalue weighted by Crippen LogP contribution is -1.98. The topological polar surface area (TPSA) is 91.4 Å². The van der Waals surface area contributed by atoms with E-state index in [1.165, 1.54) is 18.2 Å². The maximum absolute atomic E-state index is 12.1. The number of hydrogen-bond acceptors (Lipinski definition) is 4. The summed E-state index contributed by atoms with van der Waals surface area (Å²) in [6.45, 7) is 0. The molecule has 0 saturated heterocycles. The van der Waals surface area contributed by atoms with Gasteiger partial charge in [-0.3, -0.25) is 10.1 Å². The highest BCUT2D eigenvalue weighted by molar-refractivity contribution is 7.94. The van der Waals surface area contributed by atoms with Gasteiger partial charge in [-0.2, -0.15) is 0 Å². The second-order valence-corrected chi connectivity index (χ2v) is 6.33. The predicted molar refractivity (Wildman–Crippen MR) is 79.8 cm³/mol. The normalized spacial score (nSPS) is 11.1. The Balaban J connectivity index is 2.29. The second-order valence-electron chi connectivity index (χ2n) is 3.92. The van der Waals surface area contributed by atoms with Crippen LogP contribution in [0.15, 0.2) is 47.4 Å². The largest absolute Gasteiger partial charge is 0.573 e. The zero-order valence-electron chi connectivity index (χ0n) is 10.2. The first-order chi connectivity index (χ1) is 9.79. The molecule has 0 heterocycles. The second kappa shape index (κ2) is 5.88. The molecule has 110 valence electrons. The highest BCUT2D eigenvalue weighted by Gasteiger charge is 2.09. The maximum Gasteiger partial charge on any atom is 0.269 e. The number of benzene rings is 2. The Morgan fingerprint density at radius 1 is 1.00 bits per heavy atom. The third-order valence-corrected chi connectivity index (χ3v) is 4.53.